The fraction of sp³-hybridized carbons (Fsp3) is 0.455. The zero-order valence-electron chi connectivity index (χ0n) is 8.17. The second kappa shape index (κ2) is 6.76. The third-order valence-corrected chi connectivity index (χ3v) is 3.94. The van der Waals surface area contributed by atoms with Gasteiger partial charge in [-0.15, -0.1) is 11.6 Å². The highest BCUT2D eigenvalue weighted by molar-refractivity contribution is 9.10. The Bertz CT molecular complexity index is 278. The van der Waals surface area contributed by atoms with Gasteiger partial charge in [-0.25, -0.2) is 0 Å². The van der Waals surface area contributed by atoms with Crippen molar-refractivity contribution in [1.29, 1.82) is 0 Å². The highest BCUT2D eigenvalue weighted by Crippen LogP contribution is 2.29. The van der Waals surface area contributed by atoms with Gasteiger partial charge in [-0.1, -0.05) is 34.1 Å². The van der Waals surface area contributed by atoms with Crippen LogP contribution in [-0.2, 0) is 0 Å². The summed E-state index contributed by atoms with van der Waals surface area (Å²) in [4.78, 5) is 0. The van der Waals surface area contributed by atoms with Gasteiger partial charge in [-0.2, -0.15) is 11.8 Å². The van der Waals surface area contributed by atoms with E-state index < -0.39 is 0 Å². The molecule has 0 bridgehead atoms. The third kappa shape index (κ3) is 3.48. The predicted octanol–water partition coefficient (Wildman–Crippen LogP) is 4.52. The molecule has 3 heteroatoms. The topological polar surface area (TPSA) is 0 Å². The van der Waals surface area contributed by atoms with E-state index in [0.29, 0.717) is 11.8 Å². The Balaban J connectivity index is 2.73. The molecule has 78 valence electrons. The minimum absolute atomic E-state index is 0.472. The van der Waals surface area contributed by atoms with E-state index in [1.54, 1.807) is 0 Å². The Labute approximate surface area is 104 Å². The molecule has 0 saturated heterocycles. The molecule has 0 aliphatic rings. The number of benzene rings is 1. The second-order valence-electron chi connectivity index (χ2n) is 3.15. The van der Waals surface area contributed by atoms with Crippen LogP contribution in [0.3, 0.4) is 0 Å². The summed E-state index contributed by atoms with van der Waals surface area (Å²) in [5.74, 6) is 2.33. The average molecular weight is 294 g/mol. The molecular formula is C11H14BrClS. The van der Waals surface area contributed by atoms with E-state index in [-0.39, 0.29) is 0 Å². The first kappa shape index (κ1) is 12.4. The molecule has 0 saturated carbocycles. The number of hydrogen-bond donors (Lipinski definition) is 0. The molecule has 0 radical (unpaired) electrons. The summed E-state index contributed by atoms with van der Waals surface area (Å²) in [5.41, 5.74) is 1.33. The Kier molecular flexibility index (Phi) is 5.99. The van der Waals surface area contributed by atoms with Crippen LogP contribution in [0.2, 0.25) is 0 Å². The summed E-state index contributed by atoms with van der Waals surface area (Å²) in [6.45, 7) is 0. The maximum atomic E-state index is 5.98. The van der Waals surface area contributed by atoms with Crippen molar-refractivity contribution in [3.8, 4) is 0 Å². The number of alkyl halides is 1. The highest BCUT2D eigenvalue weighted by atomic mass is 79.9. The van der Waals surface area contributed by atoms with E-state index in [1.165, 1.54) is 15.8 Å². The highest BCUT2D eigenvalue weighted by Gasteiger charge is 2.12. The summed E-state index contributed by atoms with van der Waals surface area (Å²) in [6, 6.07) is 8.33. The van der Waals surface area contributed by atoms with Gasteiger partial charge in [0.25, 0.3) is 0 Å². The molecule has 1 atom stereocenters. The van der Waals surface area contributed by atoms with Crippen molar-refractivity contribution in [2.45, 2.75) is 12.3 Å². The van der Waals surface area contributed by atoms with Crippen molar-refractivity contribution in [1.82, 2.24) is 0 Å². The summed E-state index contributed by atoms with van der Waals surface area (Å²) in [6.07, 6.45) is 3.28. The second-order valence-corrected chi connectivity index (χ2v) is 5.30. The van der Waals surface area contributed by atoms with Crippen LogP contribution < -0.4 is 0 Å². The Morgan fingerprint density at radius 3 is 2.71 bits per heavy atom. The first-order valence-corrected chi connectivity index (χ1v) is 7.31. The monoisotopic (exact) mass is 292 g/mol. The third-order valence-electron chi connectivity index (χ3n) is 2.20. The van der Waals surface area contributed by atoms with Crippen molar-refractivity contribution in [2.24, 2.45) is 0 Å². The number of rotatable bonds is 5. The van der Waals surface area contributed by atoms with Gasteiger partial charge in [-0.05, 0) is 36.0 Å². The molecule has 1 unspecified atom stereocenters. The molecule has 0 aliphatic heterocycles. The molecule has 0 aliphatic carbocycles. The van der Waals surface area contributed by atoms with Crippen molar-refractivity contribution in [3.63, 3.8) is 0 Å². The van der Waals surface area contributed by atoms with Crippen LogP contribution in [0.15, 0.2) is 28.7 Å². The van der Waals surface area contributed by atoms with Crippen molar-refractivity contribution < 1.29 is 0 Å². The first-order valence-electron chi connectivity index (χ1n) is 4.59. The van der Waals surface area contributed by atoms with Gasteiger partial charge in [0.05, 0.1) is 0 Å². The van der Waals surface area contributed by atoms with Gasteiger partial charge >= 0.3 is 0 Å². The van der Waals surface area contributed by atoms with Crippen LogP contribution in [0.1, 0.15) is 17.9 Å². The summed E-state index contributed by atoms with van der Waals surface area (Å²) < 4.78 is 1.17. The quantitative estimate of drug-likeness (QED) is 0.719. The molecule has 1 aromatic carbocycles. The van der Waals surface area contributed by atoms with Gasteiger partial charge in [0.1, 0.15) is 0 Å². The van der Waals surface area contributed by atoms with Crippen molar-refractivity contribution in [3.05, 3.63) is 34.3 Å². The molecule has 0 fully saturated rings. The van der Waals surface area contributed by atoms with Gasteiger partial charge in [0, 0.05) is 10.4 Å². The fourth-order valence-corrected chi connectivity index (χ4v) is 2.83. The number of halogens is 2. The van der Waals surface area contributed by atoms with E-state index in [4.69, 9.17) is 11.6 Å². The molecule has 0 N–H and O–H groups in total. The molecular weight excluding hydrogens is 280 g/mol. The molecule has 0 heterocycles. The van der Waals surface area contributed by atoms with Crippen molar-refractivity contribution >= 4 is 39.3 Å². The van der Waals surface area contributed by atoms with Crippen LogP contribution >= 0.6 is 39.3 Å². The summed E-state index contributed by atoms with van der Waals surface area (Å²) in [7, 11) is 0. The van der Waals surface area contributed by atoms with Gasteiger partial charge in [0.15, 0.2) is 0 Å². The van der Waals surface area contributed by atoms with E-state index in [0.717, 1.165) is 6.42 Å². The Hall–Kier alpha value is 0.340. The smallest absolute Gasteiger partial charge is 0.0292 e. The van der Waals surface area contributed by atoms with E-state index in [1.807, 2.05) is 17.8 Å². The van der Waals surface area contributed by atoms with Crippen molar-refractivity contribution in [2.75, 3.05) is 17.9 Å². The molecule has 0 aromatic heterocycles. The molecule has 14 heavy (non-hydrogen) atoms. The lowest BCUT2D eigenvalue weighted by molar-refractivity contribution is 0.744. The number of hydrogen-bond acceptors (Lipinski definition) is 1. The van der Waals surface area contributed by atoms with Gasteiger partial charge in [-0.3, -0.25) is 0 Å². The molecule has 0 nitrogen and oxygen atoms in total. The lowest BCUT2D eigenvalue weighted by Gasteiger charge is -2.15. The Morgan fingerprint density at radius 1 is 1.43 bits per heavy atom. The minimum atomic E-state index is 0.472. The largest absolute Gasteiger partial charge is 0.165 e. The van der Waals surface area contributed by atoms with Crippen LogP contribution in [0.4, 0.5) is 0 Å². The van der Waals surface area contributed by atoms with Crippen LogP contribution in [0.5, 0.6) is 0 Å². The number of thioether (sulfide) groups is 1. The maximum Gasteiger partial charge on any atom is 0.0292 e. The van der Waals surface area contributed by atoms with Gasteiger partial charge in [0.2, 0.25) is 0 Å². The standard InChI is InChI=1S/C11H14BrClS/c1-14-7-6-9(8-13)10-4-2-3-5-11(10)12/h2-5,9H,6-8H2,1H3. The lowest BCUT2D eigenvalue weighted by Crippen LogP contribution is -2.02. The lowest BCUT2D eigenvalue weighted by atomic mass is 9.99. The predicted molar refractivity (Wildman–Crippen MR) is 70.6 cm³/mol. The zero-order valence-corrected chi connectivity index (χ0v) is 11.3. The van der Waals surface area contributed by atoms with E-state index in [2.05, 4.69) is 40.4 Å². The SMILES string of the molecule is CSCCC(CCl)c1ccccc1Br. The van der Waals surface area contributed by atoms with Crippen LogP contribution in [-0.4, -0.2) is 17.9 Å². The molecule has 0 amide bonds. The normalized spacial score (nSPS) is 12.8. The van der Waals surface area contributed by atoms with Crippen LogP contribution in [0, 0.1) is 0 Å². The fourth-order valence-electron chi connectivity index (χ4n) is 1.38. The summed E-state index contributed by atoms with van der Waals surface area (Å²) >= 11 is 11.4. The van der Waals surface area contributed by atoms with E-state index in [9.17, 15) is 0 Å². The molecule has 1 rings (SSSR count). The molecule has 0 spiro atoms. The van der Waals surface area contributed by atoms with Crippen LogP contribution in [0.25, 0.3) is 0 Å². The maximum absolute atomic E-state index is 5.98. The van der Waals surface area contributed by atoms with E-state index >= 15 is 0 Å². The average Bonchev–Trinajstić information content (AvgIpc) is 2.21. The van der Waals surface area contributed by atoms with Gasteiger partial charge < -0.3 is 0 Å². The zero-order chi connectivity index (χ0) is 10.4. The Morgan fingerprint density at radius 2 is 2.14 bits per heavy atom. The summed E-state index contributed by atoms with van der Waals surface area (Å²) in [5, 5.41) is 0. The first-order chi connectivity index (χ1) is 6.79. The minimum Gasteiger partial charge on any atom is -0.165 e. The molecule has 1 aromatic rings.